The molecule has 2 N–H and O–H groups in total. The number of aliphatic hydroxyl groups is 1. The minimum Gasteiger partial charge on any atom is -0.505 e. The van der Waals surface area contributed by atoms with E-state index in [0.29, 0.717) is 10.9 Å². The molecule has 0 bridgehead atoms. The van der Waals surface area contributed by atoms with Gasteiger partial charge in [0.15, 0.2) is 11.3 Å². The van der Waals surface area contributed by atoms with Crippen molar-refractivity contribution >= 4 is 157 Å². The van der Waals surface area contributed by atoms with E-state index in [0.717, 1.165) is 0 Å². The molecule has 0 amide bonds. The number of aromatic hydroxyl groups is 1. The van der Waals surface area contributed by atoms with Gasteiger partial charge in [-0.3, -0.25) is 4.79 Å². The van der Waals surface area contributed by atoms with Crippen molar-refractivity contribution in [1.29, 1.82) is 0 Å². The summed E-state index contributed by atoms with van der Waals surface area (Å²) in [6, 6.07) is 3.03. The van der Waals surface area contributed by atoms with Crippen molar-refractivity contribution in [1.82, 2.24) is 0 Å². The third-order valence-corrected chi connectivity index (χ3v) is 9.52. The molecule has 6 nitrogen and oxygen atoms in total. The molecule has 1 aliphatic carbocycles. The number of phenolic OH excluding ortho intramolecular Hbond substituents is 1. The summed E-state index contributed by atoms with van der Waals surface area (Å²) in [6.07, 6.45) is 0. The van der Waals surface area contributed by atoms with Crippen LogP contribution in [0, 0.1) is 0 Å². The van der Waals surface area contributed by atoms with E-state index in [1.165, 1.54) is 12.1 Å². The zero-order valence-electron chi connectivity index (χ0n) is 18.1. The predicted octanol–water partition coefficient (Wildman–Crippen LogP) is 8.70. The number of carbonyl (C=O) groups excluding carboxylic acids is 1. The molecule has 4 rings (SSSR count). The van der Waals surface area contributed by atoms with E-state index in [1.54, 1.807) is 0 Å². The second-order valence-electron chi connectivity index (χ2n) is 7.12. The molecule has 1 radical (unpaired) electrons. The first-order chi connectivity index (χ1) is 16.9. The standard InChI is InChI=1S/C22H8Br4Cl4O6.Na/c23-7-3-5-9(10-11(22(34)35-2-1-31)15(28)17(30)16(29)14(10)27)6-4-8(24)19(33)13(26)21(6)36-20(5)12(25)18(7)32;/h3-4,31-32H,1-2H2;. The van der Waals surface area contributed by atoms with Crippen LogP contribution in [0.3, 0.4) is 0 Å². The Hall–Kier alpha value is 0.440. The maximum absolute atomic E-state index is 13.2. The monoisotopic (exact) mass is 847 g/mol. The molecule has 0 aromatic heterocycles. The molecule has 37 heavy (non-hydrogen) atoms. The van der Waals surface area contributed by atoms with Crippen molar-refractivity contribution < 1.29 is 24.2 Å². The Morgan fingerprint density at radius 2 is 1.54 bits per heavy atom. The summed E-state index contributed by atoms with van der Waals surface area (Å²) in [5.74, 6) is -1.02. The van der Waals surface area contributed by atoms with Gasteiger partial charge in [-0.25, -0.2) is 4.79 Å². The number of halogens is 8. The normalized spacial score (nSPS) is 11.2. The molecule has 2 aromatic rings. The van der Waals surface area contributed by atoms with Gasteiger partial charge >= 0.3 is 5.97 Å². The number of carbonyl (C=O) groups is 1. The zero-order chi connectivity index (χ0) is 26.6. The second-order valence-corrected chi connectivity index (χ2v) is 11.9. The second kappa shape index (κ2) is 12.5. The van der Waals surface area contributed by atoms with Crippen molar-refractivity contribution in [3.8, 4) is 28.2 Å². The first-order valence-electron chi connectivity index (χ1n) is 9.52. The molecule has 0 atom stereocenters. The van der Waals surface area contributed by atoms with Gasteiger partial charge in [-0.2, -0.15) is 0 Å². The van der Waals surface area contributed by atoms with Crippen LogP contribution in [0.2, 0.25) is 20.1 Å². The van der Waals surface area contributed by atoms with Crippen LogP contribution in [0.15, 0.2) is 39.2 Å². The van der Waals surface area contributed by atoms with E-state index in [4.69, 9.17) is 60.7 Å². The Labute approximate surface area is 284 Å². The minimum atomic E-state index is -0.929. The summed E-state index contributed by atoms with van der Waals surface area (Å²) < 4.78 is 11.9. The van der Waals surface area contributed by atoms with Gasteiger partial charge in [0.25, 0.3) is 0 Å². The molecule has 2 aromatic carbocycles. The first-order valence-corrected chi connectivity index (χ1v) is 14.2. The van der Waals surface area contributed by atoms with Crippen LogP contribution in [0.5, 0.6) is 5.75 Å². The maximum atomic E-state index is 13.2. The first kappa shape index (κ1) is 32.0. The van der Waals surface area contributed by atoms with Crippen LogP contribution in [-0.4, -0.2) is 59.0 Å². The molecule has 0 spiro atoms. The van der Waals surface area contributed by atoms with E-state index in [-0.39, 0.29) is 108 Å². The largest absolute Gasteiger partial charge is 0.505 e. The van der Waals surface area contributed by atoms with Crippen LogP contribution >= 0.6 is 110 Å². The van der Waals surface area contributed by atoms with Crippen molar-refractivity contribution in [2.45, 2.75) is 0 Å². The van der Waals surface area contributed by atoms with Gasteiger partial charge in [-0.1, -0.05) is 46.4 Å². The van der Waals surface area contributed by atoms with Gasteiger partial charge in [0.05, 0.1) is 41.2 Å². The third-order valence-electron chi connectivity index (χ3n) is 5.07. The van der Waals surface area contributed by atoms with Gasteiger partial charge in [0.2, 0.25) is 5.43 Å². The third kappa shape index (κ3) is 5.53. The Balaban J connectivity index is 0.00000380. The van der Waals surface area contributed by atoms with Crippen molar-refractivity contribution in [2.24, 2.45) is 0 Å². The molecule has 0 saturated carbocycles. The smallest absolute Gasteiger partial charge is 0.340 e. The van der Waals surface area contributed by atoms with Crippen LogP contribution in [0.25, 0.3) is 33.4 Å². The van der Waals surface area contributed by atoms with Gasteiger partial charge in [-0.15, -0.1) is 0 Å². The van der Waals surface area contributed by atoms with Gasteiger partial charge < -0.3 is 19.4 Å². The zero-order valence-corrected chi connectivity index (χ0v) is 29.5. The molecule has 2 aliphatic rings. The summed E-state index contributed by atoms with van der Waals surface area (Å²) in [4.78, 5) is 25.8. The predicted molar refractivity (Wildman–Crippen MR) is 160 cm³/mol. The summed E-state index contributed by atoms with van der Waals surface area (Å²) in [5, 5.41) is 19.3. The average molecular weight is 853 g/mol. The van der Waals surface area contributed by atoms with E-state index in [2.05, 4.69) is 63.7 Å². The van der Waals surface area contributed by atoms with Gasteiger partial charge in [-0.05, 0) is 75.9 Å². The Bertz CT molecular complexity index is 1630. The quantitative estimate of drug-likeness (QED) is 0.0702. The van der Waals surface area contributed by atoms with Crippen molar-refractivity contribution in [2.75, 3.05) is 13.2 Å². The minimum absolute atomic E-state index is 0. The van der Waals surface area contributed by atoms with Crippen molar-refractivity contribution in [3.05, 3.63) is 65.9 Å². The fourth-order valence-corrected chi connectivity index (χ4v) is 6.96. The molecule has 1 aliphatic heterocycles. The number of hydrogen-bond donors (Lipinski definition) is 2. The summed E-state index contributed by atoms with van der Waals surface area (Å²) in [7, 11) is 0. The Morgan fingerprint density at radius 3 is 2.16 bits per heavy atom. The molecule has 0 fully saturated rings. The summed E-state index contributed by atoms with van der Waals surface area (Å²) in [6.45, 7) is -0.755. The number of esters is 1. The molecular weight excluding hydrogens is 845 g/mol. The Morgan fingerprint density at radius 1 is 0.919 bits per heavy atom. The van der Waals surface area contributed by atoms with E-state index >= 15 is 0 Å². The number of hydrogen-bond acceptors (Lipinski definition) is 6. The summed E-state index contributed by atoms with van der Waals surface area (Å²) in [5.41, 5.74) is 0.126. The van der Waals surface area contributed by atoms with Crippen LogP contribution in [-0.2, 0) is 4.74 Å². The number of ether oxygens (including phenoxy) is 1. The van der Waals surface area contributed by atoms with Crippen LogP contribution < -0.4 is 5.43 Å². The SMILES string of the molecule is O=C(OCCO)c1c(Cl)c(Cl)c(Cl)c(Cl)c1-c1c2cc(Br)c(=O)c(Br)c-2oc2c(Br)c(O)c(Br)cc12.[Na]. The number of aliphatic hydroxyl groups excluding tert-OH is 1. The van der Waals surface area contributed by atoms with E-state index in [9.17, 15) is 14.7 Å². The van der Waals surface area contributed by atoms with Gasteiger partial charge in [0, 0.05) is 51.6 Å². The molecule has 1 heterocycles. The number of benzene rings is 3. The van der Waals surface area contributed by atoms with Crippen LogP contribution in [0.4, 0.5) is 0 Å². The maximum Gasteiger partial charge on any atom is 0.340 e. The number of fused-ring (bicyclic) bond motifs is 2. The van der Waals surface area contributed by atoms with Crippen LogP contribution in [0.1, 0.15) is 10.4 Å². The fraction of sp³-hybridized carbons (Fsp3) is 0.0909. The number of phenols is 1. The fourth-order valence-electron chi connectivity index (χ4n) is 3.53. The Kier molecular flexibility index (Phi) is 10.8. The topological polar surface area (TPSA) is 97.0 Å². The molecule has 0 unspecified atom stereocenters. The van der Waals surface area contributed by atoms with Crippen molar-refractivity contribution in [3.63, 3.8) is 0 Å². The van der Waals surface area contributed by atoms with E-state index < -0.39 is 18.0 Å². The molecule has 0 saturated heterocycles. The molecule has 189 valence electrons. The van der Waals surface area contributed by atoms with Gasteiger partial charge in [0.1, 0.15) is 21.3 Å². The number of rotatable bonds is 4. The molecule has 15 heteroatoms. The van der Waals surface area contributed by atoms with E-state index in [1.807, 2.05) is 0 Å². The molecular formula is C22H8Br4Cl4NaO6. The summed E-state index contributed by atoms with van der Waals surface area (Å²) >= 11 is 39.0. The average Bonchev–Trinajstić information content (AvgIpc) is 2.85.